The van der Waals surface area contributed by atoms with E-state index in [9.17, 15) is 4.79 Å². The van der Waals surface area contributed by atoms with Gasteiger partial charge in [0.05, 0.1) is 12.6 Å². The first-order chi connectivity index (χ1) is 14.6. The van der Waals surface area contributed by atoms with Crippen LogP contribution in [-0.4, -0.2) is 56.8 Å². The third-order valence-corrected chi connectivity index (χ3v) is 5.45. The second-order valence-electron chi connectivity index (χ2n) is 7.42. The van der Waals surface area contributed by atoms with Crippen LogP contribution in [0.5, 0.6) is 5.75 Å². The fraction of sp³-hybridized carbons (Fsp3) is 0.333. The van der Waals surface area contributed by atoms with E-state index >= 15 is 0 Å². The third kappa shape index (κ3) is 4.95. The first-order valence-corrected chi connectivity index (χ1v) is 10.2. The highest BCUT2D eigenvalue weighted by atomic mass is 35.5. The van der Waals surface area contributed by atoms with Gasteiger partial charge in [-0.3, -0.25) is 4.79 Å². The molecule has 0 spiro atoms. The maximum Gasteiger partial charge on any atom is 0.253 e. The molecule has 0 bridgehead atoms. The van der Waals surface area contributed by atoms with Crippen molar-refractivity contribution in [2.24, 2.45) is 5.73 Å². The molecule has 156 valence electrons. The van der Waals surface area contributed by atoms with Gasteiger partial charge in [0.1, 0.15) is 18.7 Å². The van der Waals surface area contributed by atoms with Gasteiger partial charge in [-0.25, -0.2) is 4.68 Å². The highest BCUT2D eigenvalue weighted by molar-refractivity contribution is 6.30. The molecule has 2 aromatic carbocycles. The zero-order valence-corrected chi connectivity index (χ0v) is 17.2. The van der Waals surface area contributed by atoms with Gasteiger partial charge in [0.2, 0.25) is 0 Å². The summed E-state index contributed by atoms with van der Waals surface area (Å²) in [5.74, 6) is 1.04. The second kappa shape index (κ2) is 9.23. The molecular formula is C21H23ClN6O2. The number of likely N-dealkylation sites (tertiary alicyclic amines) is 1. The first kappa shape index (κ1) is 20.3. The summed E-state index contributed by atoms with van der Waals surface area (Å²) < 4.78 is 7.28. The number of amides is 1. The van der Waals surface area contributed by atoms with Crippen LogP contribution in [0, 0.1) is 0 Å². The number of hydrogen-bond acceptors (Lipinski definition) is 6. The number of benzene rings is 2. The van der Waals surface area contributed by atoms with Crippen molar-refractivity contribution in [1.29, 1.82) is 0 Å². The average molecular weight is 427 g/mol. The van der Waals surface area contributed by atoms with Crippen molar-refractivity contribution in [2.75, 3.05) is 19.7 Å². The summed E-state index contributed by atoms with van der Waals surface area (Å²) in [6.45, 7) is 2.25. The highest BCUT2D eigenvalue weighted by Crippen LogP contribution is 2.29. The standard InChI is InChI=1S/C21H23ClN6O2/c22-18-5-1-15(2-6-18)17-9-10-27(11-17)21(29)16-3-7-20(8-4-16)30-13-19(23)12-28-14-24-25-26-28/h1-8,14,17,19H,9-13,23H2/t17-,19+/m0/s1. The zero-order chi connectivity index (χ0) is 20.9. The summed E-state index contributed by atoms with van der Waals surface area (Å²) in [6.07, 6.45) is 2.46. The van der Waals surface area contributed by atoms with Crippen molar-refractivity contribution in [2.45, 2.75) is 24.9 Å². The molecule has 2 heterocycles. The molecule has 0 aliphatic carbocycles. The molecule has 3 aromatic rings. The number of carbonyl (C=O) groups excluding carboxylic acids is 1. The van der Waals surface area contributed by atoms with Gasteiger partial charge < -0.3 is 15.4 Å². The lowest BCUT2D eigenvalue weighted by molar-refractivity contribution is 0.0790. The van der Waals surface area contributed by atoms with E-state index in [0.717, 1.165) is 18.0 Å². The van der Waals surface area contributed by atoms with Crippen LogP contribution in [0.3, 0.4) is 0 Å². The van der Waals surface area contributed by atoms with E-state index < -0.39 is 0 Å². The molecule has 2 atom stereocenters. The lowest BCUT2D eigenvalue weighted by atomic mass is 9.99. The Balaban J connectivity index is 1.29. The quantitative estimate of drug-likeness (QED) is 0.622. The van der Waals surface area contributed by atoms with Crippen LogP contribution < -0.4 is 10.5 Å². The summed E-state index contributed by atoms with van der Waals surface area (Å²) >= 11 is 5.97. The number of hydrogen-bond donors (Lipinski definition) is 1. The van der Waals surface area contributed by atoms with Gasteiger partial charge in [-0.2, -0.15) is 0 Å². The Morgan fingerprint density at radius 2 is 1.97 bits per heavy atom. The lowest BCUT2D eigenvalue weighted by Crippen LogP contribution is -2.32. The molecular weight excluding hydrogens is 404 g/mol. The Kier molecular flexibility index (Phi) is 6.25. The number of halogens is 1. The van der Waals surface area contributed by atoms with Crippen LogP contribution in [0.15, 0.2) is 54.9 Å². The molecule has 9 heteroatoms. The van der Waals surface area contributed by atoms with Gasteiger partial charge >= 0.3 is 0 Å². The van der Waals surface area contributed by atoms with Crippen LogP contribution in [0.1, 0.15) is 28.3 Å². The van der Waals surface area contributed by atoms with E-state index in [1.807, 2.05) is 29.2 Å². The normalized spacial score (nSPS) is 17.1. The number of rotatable bonds is 7. The molecule has 1 fully saturated rings. The van der Waals surface area contributed by atoms with E-state index in [0.29, 0.717) is 36.9 Å². The molecule has 2 N–H and O–H groups in total. The number of ether oxygens (including phenoxy) is 1. The Hall–Kier alpha value is -2.97. The second-order valence-corrected chi connectivity index (χ2v) is 7.85. The van der Waals surface area contributed by atoms with Crippen molar-refractivity contribution in [1.82, 2.24) is 25.1 Å². The van der Waals surface area contributed by atoms with Gasteiger partial charge in [-0.15, -0.1) is 5.10 Å². The molecule has 0 radical (unpaired) electrons. The summed E-state index contributed by atoms with van der Waals surface area (Å²) in [6, 6.07) is 14.8. The van der Waals surface area contributed by atoms with Crippen molar-refractivity contribution in [3.8, 4) is 5.75 Å². The lowest BCUT2D eigenvalue weighted by Gasteiger charge is -2.17. The van der Waals surface area contributed by atoms with Crippen LogP contribution >= 0.6 is 11.6 Å². The molecule has 1 aromatic heterocycles. The number of carbonyl (C=O) groups is 1. The zero-order valence-electron chi connectivity index (χ0n) is 16.4. The van der Waals surface area contributed by atoms with Gasteiger partial charge in [0, 0.05) is 29.6 Å². The predicted octanol–water partition coefficient (Wildman–Crippen LogP) is 2.36. The average Bonchev–Trinajstić information content (AvgIpc) is 3.45. The number of nitrogens with zero attached hydrogens (tertiary/aromatic N) is 5. The van der Waals surface area contributed by atoms with Crippen molar-refractivity contribution >= 4 is 17.5 Å². The summed E-state index contributed by atoms with van der Waals surface area (Å²) in [7, 11) is 0. The Morgan fingerprint density at radius 1 is 1.20 bits per heavy atom. The molecule has 4 rings (SSSR count). The van der Waals surface area contributed by atoms with E-state index in [-0.39, 0.29) is 11.9 Å². The molecule has 1 aliphatic heterocycles. The van der Waals surface area contributed by atoms with Gasteiger partial charge in [-0.1, -0.05) is 23.7 Å². The molecule has 8 nitrogen and oxygen atoms in total. The minimum absolute atomic E-state index is 0.0356. The fourth-order valence-electron chi connectivity index (χ4n) is 3.59. The van der Waals surface area contributed by atoms with Crippen LogP contribution in [0.25, 0.3) is 0 Å². The number of aromatic nitrogens is 4. The SMILES string of the molecule is N[C@@H](COc1ccc(C(=O)N2CC[C@H](c3ccc(Cl)cc3)C2)cc1)Cn1cnnn1. The van der Waals surface area contributed by atoms with Crippen LogP contribution in [0.2, 0.25) is 5.02 Å². The van der Waals surface area contributed by atoms with Crippen molar-refractivity contribution in [3.63, 3.8) is 0 Å². The molecule has 1 saturated heterocycles. The van der Waals surface area contributed by atoms with Crippen LogP contribution in [-0.2, 0) is 6.54 Å². The Morgan fingerprint density at radius 3 is 2.67 bits per heavy atom. The highest BCUT2D eigenvalue weighted by Gasteiger charge is 2.27. The summed E-state index contributed by atoms with van der Waals surface area (Å²) in [5.41, 5.74) is 7.90. The summed E-state index contributed by atoms with van der Waals surface area (Å²) in [5, 5.41) is 11.7. The smallest absolute Gasteiger partial charge is 0.253 e. The monoisotopic (exact) mass is 426 g/mol. The molecule has 1 aliphatic rings. The first-order valence-electron chi connectivity index (χ1n) is 9.82. The van der Waals surface area contributed by atoms with Gasteiger partial charge in [0.25, 0.3) is 5.91 Å². The minimum Gasteiger partial charge on any atom is -0.492 e. The third-order valence-electron chi connectivity index (χ3n) is 5.20. The Bertz CT molecular complexity index is 962. The molecule has 0 unspecified atom stereocenters. The fourth-order valence-corrected chi connectivity index (χ4v) is 3.71. The maximum absolute atomic E-state index is 12.9. The van der Waals surface area contributed by atoms with Crippen LogP contribution in [0.4, 0.5) is 0 Å². The Labute approximate surface area is 179 Å². The van der Waals surface area contributed by atoms with E-state index in [1.54, 1.807) is 28.9 Å². The van der Waals surface area contributed by atoms with E-state index in [4.69, 9.17) is 22.1 Å². The topological polar surface area (TPSA) is 99.2 Å². The maximum atomic E-state index is 12.9. The van der Waals surface area contributed by atoms with Crippen molar-refractivity contribution in [3.05, 3.63) is 71.0 Å². The number of tetrazole rings is 1. The van der Waals surface area contributed by atoms with Crippen molar-refractivity contribution < 1.29 is 9.53 Å². The number of nitrogens with two attached hydrogens (primary N) is 1. The van der Waals surface area contributed by atoms with Gasteiger partial charge in [-0.05, 0) is 58.8 Å². The van der Waals surface area contributed by atoms with Gasteiger partial charge in [0.15, 0.2) is 0 Å². The predicted molar refractivity (Wildman–Crippen MR) is 112 cm³/mol. The molecule has 1 amide bonds. The minimum atomic E-state index is -0.246. The van der Waals surface area contributed by atoms with E-state index in [2.05, 4.69) is 15.5 Å². The largest absolute Gasteiger partial charge is 0.492 e. The molecule has 30 heavy (non-hydrogen) atoms. The summed E-state index contributed by atoms with van der Waals surface area (Å²) in [4.78, 5) is 14.8. The van der Waals surface area contributed by atoms with E-state index in [1.165, 1.54) is 11.9 Å². The molecule has 0 saturated carbocycles.